The Morgan fingerprint density at radius 1 is 1.14 bits per heavy atom. The van der Waals surface area contributed by atoms with Crippen LogP contribution in [0.4, 0.5) is 18.9 Å². The van der Waals surface area contributed by atoms with Crippen LogP contribution in [0.5, 0.6) is 0 Å². The Bertz CT molecular complexity index is 902. The van der Waals surface area contributed by atoms with Gasteiger partial charge in [-0.05, 0) is 42.3 Å². The molecule has 0 aliphatic heterocycles. The Kier molecular flexibility index (Phi) is 8.10. The van der Waals surface area contributed by atoms with Gasteiger partial charge in [0.05, 0.1) is 11.5 Å². The number of hydrogen-bond donors (Lipinski definition) is 2. The number of carbonyl (C=O) groups is 2. The molecule has 0 saturated carbocycles. The first-order chi connectivity index (χ1) is 13.6. The maximum Gasteiger partial charge on any atom is 0.471 e. The predicted octanol–water partition coefficient (Wildman–Crippen LogP) is 4.61. The lowest BCUT2D eigenvalue weighted by Gasteiger charge is -2.09. The maximum absolute atomic E-state index is 12.3. The smallest absolute Gasteiger partial charge is 0.318 e. The molecule has 5 nitrogen and oxygen atoms in total. The molecule has 0 aliphatic rings. The fraction of sp³-hybridized carbons (Fsp3) is 0.211. The van der Waals surface area contributed by atoms with E-state index in [1.807, 2.05) is 12.1 Å². The Labute approximate surface area is 174 Å². The summed E-state index contributed by atoms with van der Waals surface area (Å²) in [6.07, 6.45) is -4.98. The van der Waals surface area contributed by atoms with Gasteiger partial charge in [-0.2, -0.15) is 18.3 Å². The number of anilines is 1. The minimum atomic E-state index is -4.98. The lowest BCUT2D eigenvalue weighted by Crippen LogP contribution is -2.30. The number of alkyl halides is 3. The van der Waals surface area contributed by atoms with Crippen LogP contribution in [-0.2, 0) is 15.3 Å². The Hall–Kier alpha value is -2.52. The quantitative estimate of drug-likeness (QED) is 0.484. The highest BCUT2D eigenvalue weighted by atomic mass is 35.5. The molecule has 0 heterocycles. The van der Waals surface area contributed by atoms with E-state index < -0.39 is 12.1 Å². The number of hydrogen-bond acceptors (Lipinski definition) is 4. The summed E-state index contributed by atoms with van der Waals surface area (Å²) >= 11 is 7.22. The lowest BCUT2D eigenvalue weighted by molar-refractivity contribution is -0.167. The van der Waals surface area contributed by atoms with Crippen molar-refractivity contribution in [2.45, 2.75) is 18.9 Å². The molecule has 0 bridgehead atoms. The molecule has 2 N–H and O–H groups in total. The fourth-order valence-corrected chi connectivity index (χ4v) is 3.02. The van der Waals surface area contributed by atoms with E-state index in [4.69, 9.17) is 11.6 Å². The summed E-state index contributed by atoms with van der Waals surface area (Å²) in [5.74, 6) is -1.56. The van der Waals surface area contributed by atoms with Crippen molar-refractivity contribution in [2.24, 2.45) is 5.10 Å². The van der Waals surface area contributed by atoms with Crippen LogP contribution in [0.25, 0.3) is 0 Å². The van der Waals surface area contributed by atoms with Gasteiger partial charge >= 0.3 is 12.1 Å². The molecule has 0 aliphatic carbocycles. The van der Waals surface area contributed by atoms with E-state index in [0.29, 0.717) is 22.1 Å². The van der Waals surface area contributed by atoms with E-state index in [9.17, 15) is 22.8 Å². The normalized spacial score (nSPS) is 11.8. The molecule has 0 fully saturated rings. The molecule has 2 aromatic rings. The lowest BCUT2D eigenvalue weighted by atomic mass is 10.1. The van der Waals surface area contributed by atoms with Crippen molar-refractivity contribution >= 4 is 46.6 Å². The van der Waals surface area contributed by atoms with E-state index in [0.717, 1.165) is 5.56 Å². The molecule has 154 valence electrons. The van der Waals surface area contributed by atoms with Crippen molar-refractivity contribution in [2.75, 3.05) is 11.1 Å². The SMILES string of the molecule is C/C(=N\NC(=O)CSCc1ccc(Cl)cc1)c1cccc(NC(=O)C(F)(F)F)c1. The summed E-state index contributed by atoms with van der Waals surface area (Å²) in [7, 11) is 0. The summed E-state index contributed by atoms with van der Waals surface area (Å²) < 4.78 is 37.0. The zero-order valence-corrected chi connectivity index (χ0v) is 16.8. The van der Waals surface area contributed by atoms with Crippen LogP contribution in [0.3, 0.4) is 0 Å². The van der Waals surface area contributed by atoms with Crippen LogP contribution in [0.2, 0.25) is 5.02 Å². The highest BCUT2D eigenvalue weighted by Gasteiger charge is 2.38. The number of nitrogens with zero attached hydrogens (tertiary/aromatic N) is 1. The van der Waals surface area contributed by atoms with E-state index in [1.54, 1.807) is 30.4 Å². The monoisotopic (exact) mass is 443 g/mol. The van der Waals surface area contributed by atoms with Crippen LogP contribution < -0.4 is 10.7 Å². The van der Waals surface area contributed by atoms with Gasteiger partial charge in [0, 0.05) is 16.5 Å². The minimum absolute atomic E-state index is 0.0239. The van der Waals surface area contributed by atoms with Crippen LogP contribution >= 0.6 is 23.4 Å². The van der Waals surface area contributed by atoms with Crippen molar-refractivity contribution in [3.8, 4) is 0 Å². The third kappa shape index (κ3) is 7.78. The molecule has 2 amide bonds. The second-order valence-corrected chi connectivity index (χ2v) is 7.31. The average molecular weight is 444 g/mol. The predicted molar refractivity (Wildman–Crippen MR) is 109 cm³/mol. The third-order valence-electron chi connectivity index (χ3n) is 3.56. The Morgan fingerprint density at radius 3 is 2.48 bits per heavy atom. The maximum atomic E-state index is 12.3. The first kappa shape index (κ1) is 22.8. The summed E-state index contributed by atoms with van der Waals surface area (Å²) in [5, 5.41) is 6.37. The zero-order chi connectivity index (χ0) is 21.4. The minimum Gasteiger partial charge on any atom is -0.318 e. The molecule has 2 aromatic carbocycles. The van der Waals surface area contributed by atoms with E-state index in [-0.39, 0.29) is 17.3 Å². The van der Waals surface area contributed by atoms with Gasteiger partial charge in [-0.3, -0.25) is 9.59 Å². The highest BCUT2D eigenvalue weighted by molar-refractivity contribution is 7.99. The standard InChI is InChI=1S/C19H17ClF3N3O2S/c1-12(14-3-2-4-16(9-14)24-18(28)19(21,22)23)25-26-17(27)11-29-10-13-5-7-15(20)8-6-13/h2-9H,10-11H2,1H3,(H,24,28)(H,26,27)/b25-12+. The van der Waals surface area contributed by atoms with Gasteiger partial charge in [0.25, 0.3) is 0 Å². The van der Waals surface area contributed by atoms with Crippen molar-refractivity contribution in [3.05, 3.63) is 64.7 Å². The van der Waals surface area contributed by atoms with Gasteiger partial charge in [0.1, 0.15) is 0 Å². The molecule has 29 heavy (non-hydrogen) atoms. The number of amides is 2. The van der Waals surface area contributed by atoms with Crippen molar-refractivity contribution in [1.29, 1.82) is 0 Å². The van der Waals surface area contributed by atoms with Crippen LogP contribution in [0.1, 0.15) is 18.1 Å². The van der Waals surface area contributed by atoms with Crippen molar-refractivity contribution < 1.29 is 22.8 Å². The van der Waals surface area contributed by atoms with Crippen molar-refractivity contribution in [3.63, 3.8) is 0 Å². The molecule has 0 spiro atoms. The van der Waals surface area contributed by atoms with E-state index in [2.05, 4.69) is 10.5 Å². The number of rotatable bonds is 7. The molecule has 2 rings (SSSR count). The number of carbonyl (C=O) groups excluding carboxylic acids is 2. The molecule has 10 heteroatoms. The van der Waals surface area contributed by atoms with Gasteiger partial charge in [-0.25, -0.2) is 5.43 Å². The summed E-state index contributed by atoms with van der Waals surface area (Å²) in [4.78, 5) is 22.9. The number of nitrogens with one attached hydrogen (secondary N) is 2. The van der Waals surface area contributed by atoms with E-state index in [1.165, 1.54) is 30.0 Å². The first-order valence-corrected chi connectivity index (χ1v) is 9.82. The van der Waals surface area contributed by atoms with Crippen LogP contribution in [0, 0.1) is 0 Å². The fourth-order valence-electron chi connectivity index (χ4n) is 2.11. The molecule has 0 radical (unpaired) electrons. The molecule has 0 saturated heterocycles. The number of thioether (sulfide) groups is 1. The zero-order valence-electron chi connectivity index (χ0n) is 15.2. The summed E-state index contributed by atoms with van der Waals surface area (Å²) in [5.41, 5.74) is 4.25. The number of benzene rings is 2. The largest absolute Gasteiger partial charge is 0.471 e. The third-order valence-corrected chi connectivity index (χ3v) is 4.81. The second-order valence-electron chi connectivity index (χ2n) is 5.88. The molecular weight excluding hydrogens is 427 g/mol. The van der Waals surface area contributed by atoms with Gasteiger partial charge in [-0.1, -0.05) is 35.9 Å². The highest BCUT2D eigenvalue weighted by Crippen LogP contribution is 2.19. The molecule has 0 unspecified atom stereocenters. The van der Waals surface area contributed by atoms with Gasteiger partial charge in [0.15, 0.2) is 0 Å². The number of halogens is 4. The van der Waals surface area contributed by atoms with Crippen LogP contribution in [0.15, 0.2) is 53.6 Å². The first-order valence-electron chi connectivity index (χ1n) is 8.29. The summed E-state index contributed by atoms with van der Waals surface area (Å²) in [6.45, 7) is 1.59. The number of hydrazone groups is 1. The Balaban J connectivity index is 1.86. The second kappa shape index (κ2) is 10.3. The van der Waals surface area contributed by atoms with Gasteiger partial charge < -0.3 is 5.32 Å². The van der Waals surface area contributed by atoms with E-state index >= 15 is 0 Å². The molecule has 0 atom stereocenters. The van der Waals surface area contributed by atoms with Gasteiger partial charge in [-0.15, -0.1) is 11.8 Å². The van der Waals surface area contributed by atoms with Crippen LogP contribution in [-0.4, -0.2) is 29.5 Å². The van der Waals surface area contributed by atoms with Crippen molar-refractivity contribution in [1.82, 2.24) is 5.43 Å². The average Bonchev–Trinajstić information content (AvgIpc) is 2.67. The Morgan fingerprint density at radius 2 is 1.83 bits per heavy atom. The molecular formula is C19H17ClF3N3O2S. The summed E-state index contributed by atoms with van der Waals surface area (Å²) in [6, 6.07) is 13.0. The topological polar surface area (TPSA) is 70.6 Å². The van der Waals surface area contributed by atoms with Gasteiger partial charge in [0.2, 0.25) is 5.91 Å². The molecule has 0 aromatic heterocycles.